The highest BCUT2D eigenvalue weighted by Crippen LogP contribution is 2.32. The van der Waals surface area contributed by atoms with Crippen LogP contribution in [0, 0.1) is 0 Å². The van der Waals surface area contributed by atoms with Gasteiger partial charge in [-0.05, 0) is 37.0 Å². The van der Waals surface area contributed by atoms with Gasteiger partial charge in [0, 0.05) is 38.0 Å². The molecular formula is C15H25N3OS. The maximum atomic E-state index is 12.3. The molecule has 1 heterocycles. The first-order valence-electron chi connectivity index (χ1n) is 7.45. The van der Waals surface area contributed by atoms with Gasteiger partial charge in [0.25, 0.3) is 0 Å². The molecule has 0 aliphatic heterocycles. The Morgan fingerprint density at radius 1 is 1.55 bits per heavy atom. The van der Waals surface area contributed by atoms with Gasteiger partial charge in [-0.1, -0.05) is 6.92 Å². The predicted molar refractivity (Wildman–Crippen MR) is 83.9 cm³/mol. The molecule has 4 nitrogen and oxygen atoms in total. The number of hydrogen-bond donors (Lipinski definition) is 0. The lowest BCUT2D eigenvalue weighted by atomic mass is 10.1. The Kier molecular flexibility index (Phi) is 5.52. The molecule has 1 amide bonds. The van der Waals surface area contributed by atoms with E-state index in [-0.39, 0.29) is 5.91 Å². The van der Waals surface area contributed by atoms with Gasteiger partial charge in [0.15, 0.2) is 0 Å². The monoisotopic (exact) mass is 295 g/mol. The predicted octanol–water partition coefficient (Wildman–Crippen LogP) is 2.49. The van der Waals surface area contributed by atoms with E-state index < -0.39 is 0 Å². The molecule has 112 valence electrons. The van der Waals surface area contributed by atoms with Crippen molar-refractivity contribution in [2.75, 3.05) is 12.8 Å². The fourth-order valence-corrected chi connectivity index (χ4v) is 4.02. The molecule has 2 atom stereocenters. The Hall–Kier alpha value is -0.970. The van der Waals surface area contributed by atoms with E-state index in [4.69, 9.17) is 0 Å². The van der Waals surface area contributed by atoms with E-state index >= 15 is 0 Å². The van der Waals surface area contributed by atoms with Gasteiger partial charge >= 0.3 is 0 Å². The number of carbonyl (C=O) groups excluding carboxylic acids is 1. The first-order valence-corrected chi connectivity index (χ1v) is 8.49. The summed E-state index contributed by atoms with van der Waals surface area (Å²) >= 11 is 2.04. The van der Waals surface area contributed by atoms with Crippen LogP contribution in [0.25, 0.3) is 0 Å². The lowest BCUT2D eigenvalue weighted by Crippen LogP contribution is -2.35. The van der Waals surface area contributed by atoms with Crippen molar-refractivity contribution in [2.45, 2.75) is 50.3 Å². The van der Waals surface area contributed by atoms with E-state index in [0.29, 0.717) is 12.5 Å². The zero-order chi connectivity index (χ0) is 14.5. The van der Waals surface area contributed by atoms with Crippen molar-refractivity contribution in [1.29, 1.82) is 0 Å². The molecular weight excluding hydrogens is 270 g/mol. The lowest BCUT2D eigenvalue weighted by molar-refractivity contribution is -0.131. The molecule has 2 rings (SSSR count). The van der Waals surface area contributed by atoms with Gasteiger partial charge in [0.1, 0.15) is 0 Å². The summed E-state index contributed by atoms with van der Waals surface area (Å²) in [6, 6.07) is 0.445. The average molecular weight is 295 g/mol. The molecule has 0 saturated heterocycles. The highest BCUT2D eigenvalue weighted by Gasteiger charge is 2.29. The van der Waals surface area contributed by atoms with Crippen molar-refractivity contribution in [3.05, 3.63) is 18.0 Å². The minimum atomic E-state index is 0.265. The smallest absolute Gasteiger partial charge is 0.222 e. The maximum absolute atomic E-state index is 12.3. The molecule has 1 aromatic rings. The standard InChI is InChI=1S/C15H25N3OS/c1-4-20-14-7-6-13(9-14)18(3)15(19)8-5-12-10-16-17(2)11-12/h10-11,13-14H,4-9H2,1-3H3/t13-,14-/m0/s1. The molecule has 5 heteroatoms. The van der Waals surface area contributed by atoms with E-state index in [1.54, 1.807) is 4.68 Å². The van der Waals surface area contributed by atoms with Gasteiger partial charge < -0.3 is 4.90 Å². The summed E-state index contributed by atoms with van der Waals surface area (Å²) in [5, 5.41) is 4.88. The SMILES string of the molecule is CCS[C@H]1CC[C@H](N(C)C(=O)CCc2cnn(C)c2)C1. The minimum Gasteiger partial charge on any atom is -0.343 e. The van der Waals surface area contributed by atoms with Crippen LogP contribution < -0.4 is 0 Å². The first-order chi connectivity index (χ1) is 9.60. The number of nitrogens with zero attached hydrogens (tertiary/aromatic N) is 3. The van der Waals surface area contributed by atoms with Crippen LogP contribution in [0.4, 0.5) is 0 Å². The van der Waals surface area contributed by atoms with Crippen LogP contribution in [-0.4, -0.2) is 44.7 Å². The van der Waals surface area contributed by atoms with E-state index in [9.17, 15) is 4.79 Å². The summed E-state index contributed by atoms with van der Waals surface area (Å²) in [7, 11) is 3.87. The van der Waals surface area contributed by atoms with Crippen LogP contribution in [0.2, 0.25) is 0 Å². The third kappa shape index (κ3) is 4.01. The van der Waals surface area contributed by atoms with Gasteiger partial charge in [-0.25, -0.2) is 0 Å². The topological polar surface area (TPSA) is 38.1 Å². The summed E-state index contributed by atoms with van der Waals surface area (Å²) in [6.45, 7) is 2.21. The number of carbonyl (C=O) groups is 1. The second kappa shape index (κ2) is 7.16. The Labute approximate surface area is 125 Å². The van der Waals surface area contributed by atoms with E-state index in [1.807, 2.05) is 43.2 Å². The molecule has 0 aromatic carbocycles. The van der Waals surface area contributed by atoms with E-state index in [1.165, 1.54) is 12.2 Å². The van der Waals surface area contributed by atoms with Crippen molar-refractivity contribution in [1.82, 2.24) is 14.7 Å². The molecule has 0 bridgehead atoms. The quantitative estimate of drug-likeness (QED) is 0.809. The molecule has 0 N–H and O–H groups in total. The Bertz CT molecular complexity index is 446. The third-order valence-electron chi connectivity index (χ3n) is 4.09. The highest BCUT2D eigenvalue weighted by molar-refractivity contribution is 7.99. The summed E-state index contributed by atoms with van der Waals surface area (Å²) < 4.78 is 1.78. The fraction of sp³-hybridized carbons (Fsp3) is 0.733. The van der Waals surface area contributed by atoms with Gasteiger partial charge in [-0.15, -0.1) is 0 Å². The van der Waals surface area contributed by atoms with Gasteiger partial charge in [0.2, 0.25) is 5.91 Å². The Balaban J connectivity index is 1.77. The van der Waals surface area contributed by atoms with Crippen LogP contribution in [0.3, 0.4) is 0 Å². The normalized spacial score (nSPS) is 22.1. The van der Waals surface area contributed by atoms with Crippen LogP contribution in [0.5, 0.6) is 0 Å². The number of aromatic nitrogens is 2. The average Bonchev–Trinajstić information content (AvgIpc) is 3.05. The third-order valence-corrected chi connectivity index (χ3v) is 5.32. The molecule has 1 fully saturated rings. The number of hydrogen-bond acceptors (Lipinski definition) is 3. The van der Waals surface area contributed by atoms with Gasteiger partial charge in [-0.3, -0.25) is 9.48 Å². The van der Waals surface area contributed by atoms with Crippen molar-refractivity contribution >= 4 is 17.7 Å². The minimum absolute atomic E-state index is 0.265. The lowest BCUT2D eigenvalue weighted by Gasteiger charge is -2.24. The molecule has 1 saturated carbocycles. The van der Waals surface area contributed by atoms with Crippen LogP contribution in [0.15, 0.2) is 12.4 Å². The van der Waals surface area contributed by atoms with E-state index in [2.05, 4.69) is 12.0 Å². The zero-order valence-electron chi connectivity index (χ0n) is 12.7. The molecule has 1 aliphatic carbocycles. The second-order valence-corrected chi connectivity index (χ2v) is 7.15. The van der Waals surface area contributed by atoms with E-state index in [0.717, 1.165) is 30.1 Å². The second-order valence-electron chi connectivity index (χ2n) is 5.57. The molecule has 20 heavy (non-hydrogen) atoms. The first kappa shape index (κ1) is 15.4. The summed E-state index contributed by atoms with van der Waals surface area (Å²) in [5.74, 6) is 1.44. The maximum Gasteiger partial charge on any atom is 0.222 e. The summed E-state index contributed by atoms with van der Waals surface area (Å²) in [4.78, 5) is 14.2. The highest BCUT2D eigenvalue weighted by atomic mass is 32.2. The Morgan fingerprint density at radius 2 is 2.35 bits per heavy atom. The molecule has 0 radical (unpaired) electrons. The Morgan fingerprint density at radius 3 is 3.00 bits per heavy atom. The van der Waals surface area contributed by atoms with Crippen molar-refractivity contribution < 1.29 is 4.79 Å². The molecule has 0 spiro atoms. The van der Waals surface area contributed by atoms with Crippen molar-refractivity contribution in [2.24, 2.45) is 7.05 Å². The molecule has 0 unspecified atom stereocenters. The van der Waals surface area contributed by atoms with Gasteiger partial charge in [-0.2, -0.15) is 16.9 Å². The van der Waals surface area contributed by atoms with Crippen LogP contribution >= 0.6 is 11.8 Å². The molecule has 1 aromatic heterocycles. The zero-order valence-corrected chi connectivity index (χ0v) is 13.5. The fourth-order valence-electron chi connectivity index (χ4n) is 2.89. The number of thioether (sulfide) groups is 1. The van der Waals surface area contributed by atoms with Gasteiger partial charge in [0.05, 0.1) is 6.20 Å². The summed E-state index contributed by atoms with van der Waals surface area (Å²) in [6.07, 6.45) is 8.78. The number of aryl methyl sites for hydroxylation is 2. The van der Waals surface area contributed by atoms with Crippen LogP contribution in [-0.2, 0) is 18.3 Å². The largest absolute Gasteiger partial charge is 0.343 e. The number of rotatable bonds is 6. The molecule has 1 aliphatic rings. The van der Waals surface area contributed by atoms with Crippen molar-refractivity contribution in [3.63, 3.8) is 0 Å². The van der Waals surface area contributed by atoms with Crippen LogP contribution in [0.1, 0.15) is 38.2 Å². The number of amides is 1. The summed E-state index contributed by atoms with van der Waals surface area (Å²) in [5.41, 5.74) is 1.14. The van der Waals surface area contributed by atoms with Crippen molar-refractivity contribution in [3.8, 4) is 0 Å².